The second-order valence-corrected chi connectivity index (χ2v) is 3.24. The number of allylic oxidation sites excluding steroid dienone is 1. The van der Waals surface area contributed by atoms with Gasteiger partial charge in [-0.05, 0) is 25.8 Å². The van der Waals surface area contributed by atoms with Crippen molar-refractivity contribution in [3.63, 3.8) is 0 Å². The fourth-order valence-electron chi connectivity index (χ4n) is 1.27. The van der Waals surface area contributed by atoms with Gasteiger partial charge in [0.15, 0.2) is 6.29 Å². The number of hydrogen-bond donors (Lipinski definition) is 0. The van der Waals surface area contributed by atoms with E-state index < -0.39 is 0 Å². The molecule has 0 aliphatic heterocycles. The normalized spacial score (nSPS) is 9.08. The monoisotopic (exact) mass is 180 g/mol. The third-order valence-electron chi connectivity index (χ3n) is 2.02. The van der Waals surface area contributed by atoms with Gasteiger partial charge in [0.1, 0.15) is 0 Å². The summed E-state index contributed by atoms with van der Waals surface area (Å²) in [6, 6.07) is 0. The summed E-state index contributed by atoms with van der Waals surface area (Å²) < 4.78 is 0. The lowest BCUT2D eigenvalue weighted by molar-refractivity contribution is -0.105. The smallest absolute Gasteiger partial charge is 0.153 e. The van der Waals surface area contributed by atoms with E-state index in [2.05, 4.69) is 12.7 Å². The van der Waals surface area contributed by atoms with E-state index in [0.29, 0.717) is 0 Å². The van der Waals surface area contributed by atoms with Crippen molar-refractivity contribution in [2.45, 2.75) is 52.4 Å². The van der Waals surface area contributed by atoms with Gasteiger partial charge in [-0.2, -0.15) is 0 Å². The van der Waals surface area contributed by atoms with Crippen molar-refractivity contribution >= 4 is 6.29 Å². The molecule has 0 fully saturated rings. The lowest BCUT2D eigenvalue weighted by Crippen LogP contribution is -1.84. The van der Waals surface area contributed by atoms with Crippen LogP contribution in [-0.2, 0) is 4.79 Å². The summed E-state index contributed by atoms with van der Waals surface area (Å²) in [5.41, 5.74) is 3.75. The molecule has 0 heterocycles. The molecule has 74 valence electrons. The fourth-order valence-corrected chi connectivity index (χ4v) is 1.27. The zero-order chi connectivity index (χ0) is 9.94. The Kier molecular flexibility index (Phi) is 8.70. The van der Waals surface area contributed by atoms with Crippen molar-refractivity contribution in [2.75, 3.05) is 0 Å². The van der Waals surface area contributed by atoms with Crippen molar-refractivity contribution in [3.8, 4) is 0 Å². The topological polar surface area (TPSA) is 17.1 Å². The van der Waals surface area contributed by atoms with Gasteiger partial charge in [-0.15, -0.1) is 5.73 Å². The molecule has 0 aromatic rings. The third kappa shape index (κ3) is 7.55. The Morgan fingerprint density at radius 1 is 1.23 bits per heavy atom. The molecule has 0 aliphatic carbocycles. The van der Waals surface area contributed by atoms with E-state index in [4.69, 9.17) is 0 Å². The van der Waals surface area contributed by atoms with Crippen LogP contribution in [0.4, 0.5) is 0 Å². The second kappa shape index (κ2) is 9.28. The average molecular weight is 180 g/mol. The minimum absolute atomic E-state index is 0.805. The minimum Gasteiger partial charge on any atom is -0.298 e. The van der Waals surface area contributed by atoms with Crippen LogP contribution in [0.5, 0.6) is 0 Å². The molecule has 13 heavy (non-hydrogen) atoms. The van der Waals surface area contributed by atoms with Crippen LogP contribution in [0.2, 0.25) is 0 Å². The first kappa shape index (κ1) is 12.2. The molecule has 0 aromatic heterocycles. The zero-order valence-electron chi connectivity index (χ0n) is 8.81. The van der Waals surface area contributed by atoms with Crippen LogP contribution >= 0.6 is 0 Å². The number of carbonyl (C=O) groups excluding carboxylic acids is 1. The van der Waals surface area contributed by atoms with Crippen LogP contribution in [0.1, 0.15) is 52.4 Å². The molecule has 0 radical (unpaired) electrons. The van der Waals surface area contributed by atoms with E-state index in [0.717, 1.165) is 24.7 Å². The van der Waals surface area contributed by atoms with E-state index >= 15 is 0 Å². The van der Waals surface area contributed by atoms with Crippen molar-refractivity contribution in [2.24, 2.45) is 0 Å². The average Bonchev–Trinajstić information content (AvgIpc) is 2.16. The molecular formula is C12H20O. The van der Waals surface area contributed by atoms with E-state index in [-0.39, 0.29) is 0 Å². The lowest BCUT2D eigenvalue weighted by atomic mass is 10.1. The molecule has 0 amide bonds. The van der Waals surface area contributed by atoms with Gasteiger partial charge >= 0.3 is 0 Å². The predicted octanol–water partition coefficient (Wildman–Crippen LogP) is 3.65. The fraction of sp³-hybridized carbons (Fsp3) is 0.667. The highest BCUT2D eigenvalue weighted by atomic mass is 16.1. The lowest BCUT2D eigenvalue weighted by Gasteiger charge is -1.97. The first-order valence-corrected chi connectivity index (χ1v) is 5.20. The maximum absolute atomic E-state index is 10.5. The molecule has 0 N–H and O–H groups in total. The molecule has 0 aliphatic rings. The molecule has 1 heteroatoms. The van der Waals surface area contributed by atoms with Gasteiger partial charge in [0.25, 0.3) is 0 Å². The number of aldehydes is 1. The SMILES string of the molecule is CC=C=C(C=O)CCCCCCC. The standard InChI is InChI=1S/C12H20O/c1-3-5-6-7-8-10-12(11-13)9-4-2/h4,11H,3,5-8,10H2,1-2H3. The van der Waals surface area contributed by atoms with Crippen molar-refractivity contribution in [3.05, 3.63) is 17.4 Å². The number of hydrogen-bond acceptors (Lipinski definition) is 1. The molecule has 0 unspecified atom stereocenters. The van der Waals surface area contributed by atoms with Crippen LogP contribution in [0.25, 0.3) is 0 Å². The highest BCUT2D eigenvalue weighted by Gasteiger charge is 1.93. The highest BCUT2D eigenvalue weighted by molar-refractivity contribution is 5.72. The summed E-state index contributed by atoms with van der Waals surface area (Å²) in [6.45, 7) is 4.09. The third-order valence-corrected chi connectivity index (χ3v) is 2.02. The molecule has 0 spiro atoms. The van der Waals surface area contributed by atoms with Crippen LogP contribution in [-0.4, -0.2) is 6.29 Å². The van der Waals surface area contributed by atoms with Crippen LogP contribution in [0.3, 0.4) is 0 Å². The summed E-state index contributed by atoms with van der Waals surface area (Å²) in [5, 5.41) is 0. The number of carbonyl (C=O) groups is 1. The van der Waals surface area contributed by atoms with Gasteiger partial charge < -0.3 is 0 Å². The first-order chi connectivity index (χ1) is 6.35. The van der Waals surface area contributed by atoms with Gasteiger partial charge in [0.05, 0.1) is 0 Å². The summed E-state index contributed by atoms with van der Waals surface area (Å²) in [4.78, 5) is 10.5. The molecule has 0 atom stereocenters. The number of unbranched alkanes of at least 4 members (excludes halogenated alkanes) is 4. The Morgan fingerprint density at radius 3 is 2.46 bits per heavy atom. The summed E-state index contributed by atoms with van der Waals surface area (Å²) in [6.07, 6.45) is 9.83. The van der Waals surface area contributed by atoms with Gasteiger partial charge in [-0.1, -0.05) is 32.6 Å². The van der Waals surface area contributed by atoms with Crippen LogP contribution in [0.15, 0.2) is 17.4 Å². The number of rotatable bonds is 7. The molecule has 1 nitrogen and oxygen atoms in total. The Labute approximate surface area is 81.5 Å². The van der Waals surface area contributed by atoms with Crippen molar-refractivity contribution in [1.82, 2.24) is 0 Å². The summed E-state index contributed by atoms with van der Waals surface area (Å²) in [5.74, 6) is 0. The second-order valence-electron chi connectivity index (χ2n) is 3.24. The molecule has 0 saturated carbocycles. The first-order valence-electron chi connectivity index (χ1n) is 5.20. The largest absolute Gasteiger partial charge is 0.298 e. The quantitative estimate of drug-likeness (QED) is 0.253. The maximum atomic E-state index is 10.5. The zero-order valence-corrected chi connectivity index (χ0v) is 8.81. The maximum Gasteiger partial charge on any atom is 0.153 e. The summed E-state index contributed by atoms with van der Waals surface area (Å²) in [7, 11) is 0. The van der Waals surface area contributed by atoms with E-state index in [1.165, 1.54) is 25.7 Å². The van der Waals surface area contributed by atoms with Crippen molar-refractivity contribution in [1.29, 1.82) is 0 Å². The Balaban J connectivity index is 3.51. The van der Waals surface area contributed by atoms with E-state index in [1.54, 1.807) is 6.08 Å². The Bertz CT molecular complexity index is 185. The predicted molar refractivity (Wildman–Crippen MR) is 56.7 cm³/mol. The Hall–Kier alpha value is -0.810. The molecule has 0 saturated heterocycles. The van der Waals surface area contributed by atoms with Gasteiger partial charge in [-0.3, -0.25) is 4.79 Å². The minimum atomic E-state index is 0.805. The molecule has 0 aromatic carbocycles. The van der Waals surface area contributed by atoms with Gasteiger partial charge in [0, 0.05) is 5.57 Å². The van der Waals surface area contributed by atoms with E-state index in [1.807, 2.05) is 6.92 Å². The molecule has 0 rings (SSSR count). The highest BCUT2D eigenvalue weighted by Crippen LogP contribution is 2.08. The van der Waals surface area contributed by atoms with Gasteiger partial charge in [0.2, 0.25) is 0 Å². The summed E-state index contributed by atoms with van der Waals surface area (Å²) >= 11 is 0. The van der Waals surface area contributed by atoms with Crippen LogP contribution in [0, 0.1) is 0 Å². The Morgan fingerprint density at radius 2 is 1.92 bits per heavy atom. The van der Waals surface area contributed by atoms with Crippen LogP contribution < -0.4 is 0 Å². The molecule has 0 bridgehead atoms. The van der Waals surface area contributed by atoms with Crippen molar-refractivity contribution < 1.29 is 4.79 Å². The molecular weight excluding hydrogens is 160 g/mol. The van der Waals surface area contributed by atoms with Gasteiger partial charge in [-0.25, -0.2) is 0 Å². The van der Waals surface area contributed by atoms with E-state index in [9.17, 15) is 4.79 Å².